The van der Waals surface area contributed by atoms with E-state index in [9.17, 15) is 0 Å². The second-order valence-corrected chi connectivity index (χ2v) is 5.08. The normalized spacial score (nSPS) is 16.3. The van der Waals surface area contributed by atoms with Gasteiger partial charge < -0.3 is 15.2 Å². The number of rotatable bonds is 4. The highest BCUT2D eigenvalue weighted by Crippen LogP contribution is 2.13. The largest absolute Gasteiger partial charge is 0.359 e. The zero-order valence-electron chi connectivity index (χ0n) is 11.8. The van der Waals surface area contributed by atoms with Crippen LogP contribution >= 0.6 is 0 Å². The molecule has 1 heterocycles. The summed E-state index contributed by atoms with van der Waals surface area (Å²) in [5, 5.41) is 10.7. The maximum absolute atomic E-state index is 5.28. The third-order valence-electron chi connectivity index (χ3n) is 3.17. The first-order valence-electron chi connectivity index (χ1n) is 6.76. The zero-order chi connectivity index (χ0) is 13.7. The summed E-state index contributed by atoms with van der Waals surface area (Å²) in [7, 11) is 1.78. The lowest BCUT2D eigenvalue weighted by Crippen LogP contribution is -2.42. The van der Waals surface area contributed by atoms with Gasteiger partial charge in [-0.25, -0.2) is 0 Å². The minimum Gasteiger partial charge on any atom is -0.359 e. The van der Waals surface area contributed by atoms with E-state index in [1.165, 1.54) is 0 Å². The van der Waals surface area contributed by atoms with Gasteiger partial charge in [0.1, 0.15) is 0 Å². The molecule has 1 aliphatic rings. The Hall–Kier alpha value is -1.78. The molecule has 2 rings (SSSR count). The molecular weight excluding hydrogens is 240 g/mol. The van der Waals surface area contributed by atoms with Gasteiger partial charge in [-0.2, -0.15) is 0 Å². The van der Waals surface area contributed by atoms with E-state index in [2.05, 4.69) is 46.8 Å². The molecule has 1 aliphatic carbocycles. The molecule has 0 radical (unpaired) electrons. The van der Waals surface area contributed by atoms with E-state index in [0.29, 0.717) is 18.5 Å². The number of nitrogens with one attached hydrogen (secondary N) is 2. The maximum Gasteiger partial charge on any atom is 0.191 e. The fourth-order valence-corrected chi connectivity index (χ4v) is 1.98. The van der Waals surface area contributed by atoms with Gasteiger partial charge in [-0.05, 0) is 18.8 Å². The molecule has 104 valence electrons. The zero-order valence-corrected chi connectivity index (χ0v) is 11.8. The predicted molar refractivity (Wildman–Crippen MR) is 76.1 cm³/mol. The summed E-state index contributed by atoms with van der Waals surface area (Å²) < 4.78 is 5.28. The predicted octanol–water partition coefficient (Wildman–Crippen LogP) is 2.18. The monoisotopic (exact) mass is 262 g/mol. The van der Waals surface area contributed by atoms with Crippen molar-refractivity contribution in [2.45, 2.75) is 45.2 Å². The molecule has 0 fully saturated rings. The van der Waals surface area contributed by atoms with E-state index in [-0.39, 0.29) is 0 Å². The SMILES string of the molecule is CN=C(NCc1cc(C(C)C)no1)NC1CC=CC1. The van der Waals surface area contributed by atoms with Crippen LogP contribution in [0.3, 0.4) is 0 Å². The van der Waals surface area contributed by atoms with E-state index in [4.69, 9.17) is 4.52 Å². The van der Waals surface area contributed by atoms with Gasteiger partial charge in [-0.3, -0.25) is 4.99 Å². The van der Waals surface area contributed by atoms with Crippen molar-refractivity contribution in [1.82, 2.24) is 15.8 Å². The van der Waals surface area contributed by atoms with Crippen LogP contribution in [0.5, 0.6) is 0 Å². The molecule has 0 bridgehead atoms. The Morgan fingerprint density at radius 1 is 1.47 bits per heavy atom. The molecule has 0 saturated heterocycles. The minimum absolute atomic E-state index is 0.388. The van der Waals surface area contributed by atoms with Crippen molar-refractivity contribution in [3.8, 4) is 0 Å². The second kappa shape index (κ2) is 6.41. The molecular formula is C14H22N4O. The Labute approximate surface area is 114 Å². The molecule has 0 atom stereocenters. The lowest BCUT2D eigenvalue weighted by molar-refractivity contribution is 0.371. The highest BCUT2D eigenvalue weighted by molar-refractivity contribution is 5.79. The Morgan fingerprint density at radius 3 is 2.79 bits per heavy atom. The number of guanidine groups is 1. The van der Waals surface area contributed by atoms with Gasteiger partial charge >= 0.3 is 0 Å². The summed E-state index contributed by atoms with van der Waals surface area (Å²) in [6.07, 6.45) is 6.49. The molecule has 19 heavy (non-hydrogen) atoms. The average molecular weight is 262 g/mol. The Kier molecular flexibility index (Phi) is 4.60. The van der Waals surface area contributed by atoms with E-state index >= 15 is 0 Å². The Morgan fingerprint density at radius 2 is 2.21 bits per heavy atom. The molecule has 0 amide bonds. The van der Waals surface area contributed by atoms with Gasteiger partial charge in [-0.15, -0.1) is 0 Å². The van der Waals surface area contributed by atoms with Crippen molar-refractivity contribution in [2.24, 2.45) is 4.99 Å². The fourth-order valence-electron chi connectivity index (χ4n) is 1.98. The van der Waals surface area contributed by atoms with Gasteiger partial charge in [0.05, 0.1) is 12.2 Å². The van der Waals surface area contributed by atoms with Crippen LogP contribution in [-0.2, 0) is 6.54 Å². The average Bonchev–Trinajstić information content (AvgIpc) is 3.05. The second-order valence-electron chi connectivity index (χ2n) is 5.08. The topological polar surface area (TPSA) is 62.5 Å². The maximum atomic E-state index is 5.28. The minimum atomic E-state index is 0.388. The number of aromatic nitrogens is 1. The number of aliphatic imine (C=N–C) groups is 1. The Balaban J connectivity index is 1.81. The molecule has 0 spiro atoms. The van der Waals surface area contributed by atoms with Crippen molar-refractivity contribution in [2.75, 3.05) is 7.05 Å². The van der Waals surface area contributed by atoms with E-state index in [0.717, 1.165) is 30.3 Å². The highest BCUT2D eigenvalue weighted by Gasteiger charge is 2.12. The number of nitrogens with zero attached hydrogens (tertiary/aromatic N) is 2. The first-order valence-corrected chi connectivity index (χ1v) is 6.76. The van der Waals surface area contributed by atoms with Crippen LogP contribution in [0, 0.1) is 0 Å². The van der Waals surface area contributed by atoms with Crippen molar-refractivity contribution < 1.29 is 4.52 Å². The summed E-state index contributed by atoms with van der Waals surface area (Å²) in [6.45, 7) is 4.80. The number of hydrogen-bond acceptors (Lipinski definition) is 3. The van der Waals surface area contributed by atoms with E-state index in [1.54, 1.807) is 7.05 Å². The molecule has 0 aromatic carbocycles. The molecule has 0 aliphatic heterocycles. The van der Waals surface area contributed by atoms with Gasteiger partial charge in [0.2, 0.25) is 0 Å². The molecule has 2 N–H and O–H groups in total. The Bertz CT molecular complexity index is 454. The third-order valence-corrected chi connectivity index (χ3v) is 3.17. The van der Waals surface area contributed by atoms with Gasteiger partial charge in [0.15, 0.2) is 11.7 Å². The van der Waals surface area contributed by atoms with Gasteiger partial charge in [0.25, 0.3) is 0 Å². The molecule has 1 aromatic rings. The van der Waals surface area contributed by atoms with Crippen molar-refractivity contribution in [1.29, 1.82) is 0 Å². The van der Waals surface area contributed by atoms with Crippen LogP contribution in [0.15, 0.2) is 27.7 Å². The van der Waals surface area contributed by atoms with Crippen molar-refractivity contribution in [3.63, 3.8) is 0 Å². The quantitative estimate of drug-likeness (QED) is 0.496. The molecule has 0 unspecified atom stereocenters. The van der Waals surface area contributed by atoms with Gasteiger partial charge in [0, 0.05) is 19.2 Å². The van der Waals surface area contributed by atoms with E-state index < -0.39 is 0 Å². The van der Waals surface area contributed by atoms with Crippen LogP contribution in [-0.4, -0.2) is 24.2 Å². The molecule has 0 saturated carbocycles. The fraction of sp³-hybridized carbons (Fsp3) is 0.571. The van der Waals surface area contributed by atoms with E-state index in [1.807, 2.05) is 6.07 Å². The first kappa shape index (κ1) is 13.6. The summed E-state index contributed by atoms with van der Waals surface area (Å²) >= 11 is 0. The van der Waals surface area contributed by atoms with Crippen LogP contribution in [0.1, 0.15) is 44.1 Å². The van der Waals surface area contributed by atoms with Crippen LogP contribution in [0.2, 0.25) is 0 Å². The molecule has 5 heteroatoms. The smallest absolute Gasteiger partial charge is 0.191 e. The summed E-state index contributed by atoms with van der Waals surface area (Å²) in [6, 6.07) is 2.44. The molecule has 1 aromatic heterocycles. The summed E-state index contributed by atoms with van der Waals surface area (Å²) in [5.41, 5.74) is 0.986. The summed E-state index contributed by atoms with van der Waals surface area (Å²) in [5.74, 6) is 2.02. The first-order chi connectivity index (χ1) is 9.19. The lowest BCUT2D eigenvalue weighted by atomic mass is 10.1. The number of hydrogen-bond donors (Lipinski definition) is 2. The van der Waals surface area contributed by atoms with Crippen LogP contribution < -0.4 is 10.6 Å². The molecule has 5 nitrogen and oxygen atoms in total. The standard InChI is InChI=1S/C14H22N4O/c1-10(2)13-8-12(19-18-13)9-16-14(15-3)17-11-6-4-5-7-11/h4-5,8,10-11H,6-7,9H2,1-3H3,(H2,15,16,17). The highest BCUT2D eigenvalue weighted by atomic mass is 16.5. The van der Waals surface area contributed by atoms with Crippen LogP contribution in [0.4, 0.5) is 0 Å². The van der Waals surface area contributed by atoms with Crippen molar-refractivity contribution in [3.05, 3.63) is 29.7 Å². The third kappa shape index (κ3) is 3.84. The van der Waals surface area contributed by atoms with Gasteiger partial charge in [-0.1, -0.05) is 31.2 Å². The van der Waals surface area contributed by atoms with Crippen LogP contribution in [0.25, 0.3) is 0 Å². The lowest BCUT2D eigenvalue weighted by Gasteiger charge is -2.16. The van der Waals surface area contributed by atoms with Crippen molar-refractivity contribution >= 4 is 5.96 Å². The summed E-state index contributed by atoms with van der Waals surface area (Å²) in [4.78, 5) is 4.21.